The quantitative estimate of drug-likeness (QED) is 0.810. The van der Waals surface area contributed by atoms with E-state index in [0.29, 0.717) is 11.6 Å². The number of piperidine rings is 1. The van der Waals surface area contributed by atoms with E-state index in [2.05, 4.69) is 15.6 Å². The standard InChI is InChI=1S/C15H19N3OS2.2ClH/c19-14(17-7-5-11-3-1-6-16-9-11)12-10-21-15(18-12)13-4-2-8-20-13;;/h2,4,8,10-11,16H,1,3,5-7,9H2,(H,17,19);2*1H. The van der Waals surface area contributed by atoms with Crippen molar-refractivity contribution in [2.75, 3.05) is 19.6 Å². The molecule has 1 unspecified atom stereocenters. The Bertz CT molecular complexity index is 583. The molecule has 2 N–H and O–H groups in total. The maximum absolute atomic E-state index is 12.1. The molecular formula is C15H21Cl2N3OS2. The van der Waals surface area contributed by atoms with Crippen LogP contribution in [0.4, 0.5) is 0 Å². The van der Waals surface area contributed by atoms with Gasteiger partial charge in [-0.15, -0.1) is 47.5 Å². The van der Waals surface area contributed by atoms with Gasteiger partial charge in [-0.05, 0) is 49.7 Å². The highest BCUT2D eigenvalue weighted by atomic mass is 35.5. The number of carbonyl (C=O) groups is 1. The molecule has 1 amide bonds. The fourth-order valence-corrected chi connectivity index (χ4v) is 4.16. The van der Waals surface area contributed by atoms with Crippen LogP contribution in [0.3, 0.4) is 0 Å². The Morgan fingerprint density at radius 2 is 2.26 bits per heavy atom. The zero-order chi connectivity index (χ0) is 14.5. The third-order valence-corrected chi connectivity index (χ3v) is 5.59. The number of halogens is 2. The first-order valence-electron chi connectivity index (χ1n) is 7.31. The molecule has 1 atom stereocenters. The van der Waals surface area contributed by atoms with Crippen LogP contribution in [0.15, 0.2) is 22.9 Å². The van der Waals surface area contributed by atoms with Crippen LogP contribution in [-0.2, 0) is 0 Å². The summed E-state index contributed by atoms with van der Waals surface area (Å²) in [5.41, 5.74) is 0.533. The number of thiazole rings is 1. The maximum Gasteiger partial charge on any atom is 0.270 e. The first-order chi connectivity index (χ1) is 10.3. The Morgan fingerprint density at radius 3 is 2.96 bits per heavy atom. The number of aromatic nitrogens is 1. The van der Waals surface area contributed by atoms with Gasteiger partial charge in [0.15, 0.2) is 0 Å². The van der Waals surface area contributed by atoms with Gasteiger partial charge in [0, 0.05) is 11.9 Å². The third-order valence-electron chi connectivity index (χ3n) is 3.71. The molecule has 0 aliphatic carbocycles. The second kappa shape index (κ2) is 10.3. The smallest absolute Gasteiger partial charge is 0.270 e. The Kier molecular flexibility index (Phi) is 9.09. The molecule has 4 nitrogen and oxygen atoms in total. The summed E-state index contributed by atoms with van der Waals surface area (Å²) in [6.07, 6.45) is 3.55. The molecule has 1 aliphatic heterocycles. The lowest BCUT2D eigenvalue weighted by Gasteiger charge is -2.22. The van der Waals surface area contributed by atoms with E-state index in [9.17, 15) is 4.79 Å². The largest absolute Gasteiger partial charge is 0.351 e. The number of thiophene rings is 1. The number of hydrogen-bond donors (Lipinski definition) is 2. The molecule has 128 valence electrons. The van der Waals surface area contributed by atoms with Crippen molar-refractivity contribution in [3.8, 4) is 9.88 Å². The van der Waals surface area contributed by atoms with Gasteiger partial charge in [0.1, 0.15) is 10.7 Å². The Morgan fingerprint density at radius 1 is 1.39 bits per heavy atom. The van der Waals surface area contributed by atoms with Gasteiger partial charge in [0.2, 0.25) is 0 Å². The van der Waals surface area contributed by atoms with Crippen LogP contribution < -0.4 is 10.6 Å². The molecule has 2 aromatic heterocycles. The van der Waals surface area contributed by atoms with Gasteiger partial charge >= 0.3 is 0 Å². The van der Waals surface area contributed by atoms with E-state index in [-0.39, 0.29) is 30.7 Å². The van der Waals surface area contributed by atoms with Gasteiger partial charge < -0.3 is 10.6 Å². The first kappa shape index (κ1) is 20.4. The number of nitrogens with zero attached hydrogens (tertiary/aromatic N) is 1. The summed E-state index contributed by atoms with van der Waals surface area (Å²) in [6.45, 7) is 2.94. The lowest BCUT2D eigenvalue weighted by molar-refractivity contribution is 0.0946. The normalized spacial score (nSPS) is 17.0. The van der Waals surface area contributed by atoms with E-state index >= 15 is 0 Å². The Balaban J connectivity index is 0.00000132. The minimum absolute atomic E-state index is 0. The number of nitrogens with one attached hydrogen (secondary N) is 2. The molecule has 1 saturated heterocycles. The molecule has 3 rings (SSSR count). The summed E-state index contributed by atoms with van der Waals surface area (Å²) in [7, 11) is 0. The molecule has 1 fully saturated rings. The van der Waals surface area contributed by atoms with Crippen LogP contribution >= 0.6 is 47.5 Å². The number of hydrogen-bond acceptors (Lipinski definition) is 5. The van der Waals surface area contributed by atoms with Gasteiger partial charge in [-0.2, -0.15) is 0 Å². The highest BCUT2D eigenvalue weighted by Crippen LogP contribution is 2.27. The second-order valence-electron chi connectivity index (χ2n) is 5.27. The predicted octanol–water partition coefficient (Wildman–Crippen LogP) is 3.83. The monoisotopic (exact) mass is 393 g/mol. The summed E-state index contributed by atoms with van der Waals surface area (Å²) < 4.78 is 0. The van der Waals surface area contributed by atoms with Crippen molar-refractivity contribution >= 4 is 53.4 Å². The molecule has 0 saturated carbocycles. The van der Waals surface area contributed by atoms with E-state index < -0.39 is 0 Å². The fourth-order valence-electron chi connectivity index (χ4n) is 2.54. The Hall–Kier alpha value is -0.660. The average Bonchev–Trinajstić information content (AvgIpc) is 3.19. The van der Waals surface area contributed by atoms with Gasteiger partial charge in [0.25, 0.3) is 5.91 Å². The second-order valence-corrected chi connectivity index (χ2v) is 7.08. The zero-order valence-corrected chi connectivity index (χ0v) is 15.9. The van der Waals surface area contributed by atoms with E-state index in [1.807, 2.05) is 22.9 Å². The van der Waals surface area contributed by atoms with Crippen LogP contribution in [0.25, 0.3) is 9.88 Å². The molecule has 8 heteroatoms. The van der Waals surface area contributed by atoms with Crippen molar-refractivity contribution in [1.29, 1.82) is 0 Å². The summed E-state index contributed by atoms with van der Waals surface area (Å²) in [4.78, 5) is 17.6. The molecule has 3 heterocycles. The summed E-state index contributed by atoms with van der Waals surface area (Å²) >= 11 is 3.17. The average molecular weight is 394 g/mol. The summed E-state index contributed by atoms with van der Waals surface area (Å²) in [6, 6.07) is 4.03. The number of amides is 1. The lowest BCUT2D eigenvalue weighted by atomic mass is 9.96. The van der Waals surface area contributed by atoms with Crippen LogP contribution in [0.1, 0.15) is 29.8 Å². The third kappa shape index (κ3) is 5.72. The van der Waals surface area contributed by atoms with Crippen LogP contribution in [0.5, 0.6) is 0 Å². The topological polar surface area (TPSA) is 54.0 Å². The van der Waals surface area contributed by atoms with Gasteiger partial charge in [-0.25, -0.2) is 4.98 Å². The van der Waals surface area contributed by atoms with Crippen LogP contribution in [-0.4, -0.2) is 30.5 Å². The highest BCUT2D eigenvalue weighted by molar-refractivity contribution is 7.20. The van der Waals surface area contributed by atoms with Crippen molar-refractivity contribution in [1.82, 2.24) is 15.6 Å². The number of carbonyl (C=O) groups excluding carboxylic acids is 1. The molecule has 0 bridgehead atoms. The van der Waals surface area contributed by atoms with Crippen molar-refractivity contribution < 1.29 is 4.79 Å². The summed E-state index contributed by atoms with van der Waals surface area (Å²) in [5.74, 6) is 0.633. The highest BCUT2D eigenvalue weighted by Gasteiger charge is 2.15. The summed E-state index contributed by atoms with van der Waals surface area (Å²) in [5, 5.41) is 11.2. The van der Waals surface area contributed by atoms with Crippen molar-refractivity contribution in [3.05, 3.63) is 28.6 Å². The first-order valence-corrected chi connectivity index (χ1v) is 9.07. The fraction of sp³-hybridized carbons (Fsp3) is 0.467. The Labute approximate surface area is 156 Å². The zero-order valence-electron chi connectivity index (χ0n) is 12.6. The molecular weight excluding hydrogens is 373 g/mol. The molecule has 0 radical (unpaired) electrons. The molecule has 0 spiro atoms. The SMILES string of the molecule is Cl.Cl.O=C(NCCC1CCCNC1)c1csc(-c2cccs2)n1. The van der Waals surface area contributed by atoms with Gasteiger partial charge in [0.05, 0.1) is 4.88 Å². The van der Waals surface area contributed by atoms with Gasteiger partial charge in [-0.1, -0.05) is 6.07 Å². The minimum Gasteiger partial charge on any atom is -0.351 e. The molecule has 2 aromatic rings. The lowest BCUT2D eigenvalue weighted by Crippen LogP contribution is -2.33. The van der Waals surface area contributed by atoms with Crippen molar-refractivity contribution in [3.63, 3.8) is 0 Å². The molecule has 1 aliphatic rings. The number of rotatable bonds is 5. The van der Waals surface area contributed by atoms with Gasteiger partial charge in [-0.3, -0.25) is 4.79 Å². The minimum atomic E-state index is -0.0576. The van der Waals surface area contributed by atoms with Crippen molar-refractivity contribution in [2.24, 2.45) is 5.92 Å². The maximum atomic E-state index is 12.1. The molecule has 0 aromatic carbocycles. The van der Waals surface area contributed by atoms with Crippen LogP contribution in [0.2, 0.25) is 0 Å². The molecule has 23 heavy (non-hydrogen) atoms. The van der Waals surface area contributed by atoms with E-state index in [1.165, 1.54) is 24.2 Å². The predicted molar refractivity (Wildman–Crippen MR) is 102 cm³/mol. The van der Waals surface area contributed by atoms with E-state index in [4.69, 9.17) is 0 Å². The van der Waals surface area contributed by atoms with E-state index in [1.54, 1.807) is 11.3 Å². The van der Waals surface area contributed by atoms with Crippen LogP contribution in [0, 0.1) is 5.92 Å². The van der Waals surface area contributed by atoms with E-state index in [0.717, 1.165) is 35.9 Å². The van der Waals surface area contributed by atoms with Crippen molar-refractivity contribution in [2.45, 2.75) is 19.3 Å².